The van der Waals surface area contributed by atoms with E-state index in [2.05, 4.69) is 13.0 Å². The zero-order chi connectivity index (χ0) is 13.5. The van der Waals surface area contributed by atoms with E-state index >= 15 is 0 Å². The van der Waals surface area contributed by atoms with Crippen molar-refractivity contribution in [3.63, 3.8) is 0 Å². The van der Waals surface area contributed by atoms with Gasteiger partial charge >= 0.3 is 0 Å². The van der Waals surface area contributed by atoms with Gasteiger partial charge < -0.3 is 0 Å². The molecule has 1 aromatic rings. The van der Waals surface area contributed by atoms with Gasteiger partial charge in [-0.2, -0.15) is 11.8 Å². The molecular formula is C16H24OS2. The second-order valence-corrected chi connectivity index (χ2v) is 7.47. The number of unbranched alkanes of at least 4 members (excludes halogenated alkanes) is 6. The van der Waals surface area contributed by atoms with Crippen LogP contribution in [0.15, 0.2) is 6.07 Å². The molecule has 0 bridgehead atoms. The van der Waals surface area contributed by atoms with Gasteiger partial charge in [0, 0.05) is 22.8 Å². The van der Waals surface area contributed by atoms with Crippen LogP contribution < -0.4 is 0 Å². The molecule has 0 amide bonds. The van der Waals surface area contributed by atoms with Crippen LogP contribution in [0.3, 0.4) is 0 Å². The minimum atomic E-state index is 0.373. The van der Waals surface area contributed by atoms with E-state index in [1.54, 1.807) is 11.3 Å². The molecule has 0 aliphatic carbocycles. The lowest BCUT2D eigenvalue weighted by Gasteiger charge is -2.00. The van der Waals surface area contributed by atoms with Gasteiger partial charge in [0.25, 0.3) is 0 Å². The summed E-state index contributed by atoms with van der Waals surface area (Å²) in [6.07, 6.45) is 9.70. The second kappa shape index (κ2) is 8.11. The first kappa shape index (κ1) is 15.1. The highest BCUT2D eigenvalue weighted by atomic mass is 32.2. The Hall–Kier alpha value is -0.280. The SMILES string of the molecule is CCCCCCCCCC(=O)c1cc2c(s1)CSC2. The largest absolute Gasteiger partial charge is 0.293 e. The van der Waals surface area contributed by atoms with E-state index in [1.165, 1.54) is 49.0 Å². The Bertz CT molecular complexity index is 387. The van der Waals surface area contributed by atoms with Gasteiger partial charge in [-0.25, -0.2) is 0 Å². The molecule has 1 aliphatic rings. The Morgan fingerprint density at radius 1 is 1.11 bits per heavy atom. The molecule has 1 nitrogen and oxygen atoms in total. The number of fused-ring (bicyclic) bond motifs is 1. The molecular weight excluding hydrogens is 272 g/mol. The summed E-state index contributed by atoms with van der Waals surface area (Å²) in [6, 6.07) is 2.14. The number of thioether (sulfide) groups is 1. The molecule has 106 valence electrons. The number of hydrogen-bond donors (Lipinski definition) is 0. The number of ketones is 1. The van der Waals surface area contributed by atoms with Crippen molar-refractivity contribution in [2.75, 3.05) is 0 Å². The van der Waals surface area contributed by atoms with Crippen molar-refractivity contribution in [3.8, 4) is 0 Å². The molecule has 0 radical (unpaired) electrons. The van der Waals surface area contributed by atoms with Crippen LogP contribution in [0.4, 0.5) is 0 Å². The number of Topliss-reactive ketones (excluding diaryl/α,β-unsaturated/α-hetero) is 1. The van der Waals surface area contributed by atoms with Crippen molar-refractivity contribution in [1.82, 2.24) is 0 Å². The van der Waals surface area contributed by atoms with Crippen LogP contribution in [-0.4, -0.2) is 5.78 Å². The predicted molar refractivity (Wildman–Crippen MR) is 86.3 cm³/mol. The van der Waals surface area contributed by atoms with Crippen molar-refractivity contribution in [2.24, 2.45) is 0 Å². The maximum Gasteiger partial charge on any atom is 0.172 e. The van der Waals surface area contributed by atoms with Gasteiger partial charge in [0.05, 0.1) is 4.88 Å². The third-order valence-corrected chi connectivity index (χ3v) is 6.08. The number of thiophene rings is 1. The fourth-order valence-corrected chi connectivity index (χ4v) is 4.94. The van der Waals surface area contributed by atoms with Crippen molar-refractivity contribution in [1.29, 1.82) is 0 Å². The van der Waals surface area contributed by atoms with Crippen LogP contribution in [0.2, 0.25) is 0 Å². The molecule has 0 N–H and O–H groups in total. The topological polar surface area (TPSA) is 17.1 Å². The fourth-order valence-electron chi connectivity index (χ4n) is 2.47. The van der Waals surface area contributed by atoms with Gasteiger partial charge in [0.1, 0.15) is 0 Å². The minimum absolute atomic E-state index is 0.373. The van der Waals surface area contributed by atoms with E-state index < -0.39 is 0 Å². The van der Waals surface area contributed by atoms with Gasteiger partial charge in [-0.05, 0) is 18.1 Å². The van der Waals surface area contributed by atoms with Crippen LogP contribution >= 0.6 is 23.1 Å². The summed E-state index contributed by atoms with van der Waals surface area (Å²) in [6.45, 7) is 2.25. The third-order valence-electron chi connectivity index (χ3n) is 3.67. The highest BCUT2D eigenvalue weighted by molar-refractivity contribution is 7.98. The normalized spacial score (nSPS) is 13.7. The summed E-state index contributed by atoms with van der Waals surface area (Å²) in [7, 11) is 0. The highest BCUT2D eigenvalue weighted by Crippen LogP contribution is 2.36. The lowest BCUT2D eigenvalue weighted by atomic mass is 10.1. The van der Waals surface area contributed by atoms with Gasteiger partial charge in [-0.15, -0.1) is 11.3 Å². The van der Waals surface area contributed by atoms with Gasteiger partial charge in [-0.1, -0.05) is 45.4 Å². The molecule has 0 fully saturated rings. The molecule has 2 heterocycles. The van der Waals surface area contributed by atoms with Crippen molar-refractivity contribution in [3.05, 3.63) is 21.4 Å². The number of rotatable bonds is 9. The molecule has 0 unspecified atom stereocenters. The molecule has 0 saturated carbocycles. The summed E-state index contributed by atoms with van der Waals surface area (Å²) in [5, 5.41) is 0. The van der Waals surface area contributed by atoms with Gasteiger partial charge in [-0.3, -0.25) is 4.79 Å². The first-order valence-corrected chi connectivity index (χ1v) is 9.51. The average molecular weight is 297 g/mol. The van der Waals surface area contributed by atoms with Crippen LogP contribution in [0.25, 0.3) is 0 Å². The molecule has 0 spiro atoms. The average Bonchev–Trinajstić information content (AvgIpc) is 2.98. The van der Waals surface area contributed by atoms with Crippen LogP contribution in [-0.2, 0) is 11.5 Å². The van der Waals surface area contributed by atoms with Crippen LogP contribution in [0.1, 0.15) is 78.4 Å². The number of hydrogen-bond acceptors (Lipinski definition) is 3. The maximum absolute atomic E-state index is 12.1. The Kier molecular flexibility index (Phi) is 6.45. The molecule has 19 heavy (non-hydrogen) atoms. The molecule has 2 rings (SSSR count). The monoisotopic (exact) mass is 296 g/mol. The first-order chi connectivity index (χ1) is 9.31. The summed E-state index contributed by atoms with van der Waals surface area (Å²) >= 11 is 3.69. The van der Waals surface area contributed by atoms with E-state index in [1.807, 2.05) is 11.8 Å². The van der Waals surface area contributed by atoms with E-state index in [4.69, 9.17) is 0 Å². The smallest absolute Gasteiger partial charge is 0.172 e. The number of carbonyl (C=O) groups excluding carboxylic acids is 1. The minimum Gasteiger partial charge on any atom is -0.293 e. The van der Waals surface area contributed by atoms with E-state index in [9.17, 15) is 4.79 Å². The van der Waals surface area contributed by atoms with E-state index in [-0.39, 0.29) is 0 Å². The Labute approximate surface area is 125 Å². The second-order valence-electron chi connectivity index (χ2n) is 5.35. The van der Waals surface area contributed by atoms with Crippen molar-refractivity contribution in [2.45, 2.75) is 69.8 Å². The maximum atomic E-state index is 12.1. The Balaban J connectivity index is 1.61. The lowest BCUT2D eigenvalue weighted by molar-refractivity contribution is 0.0983. The molecule has 1 aliphatic heterocycles. The molecule has 0 saturated heterocycles. The molecule has 1 aromatic heterocycles. The lowest BCUT2D eigenvalue weighted by Crippen LogP contribution is -1.95. The van der Waals surface area contributed by atoms with Crippen LogP contribution in [0, 0.1) is 0 Å². The summed E-state index contributed by atoms with van der Waals surface area (Å²) < 4.78 is 0. The van der Waals surface area contributed by atoms with Crippen LogP contribution in [0.5, 0.6) is 0 Å². The van der Waals surface area contributed by atoms with Crippen molar-refractivity contribution < 1.29 is 4.79 Å². The zero-order valence-corrected chi connectivity index (χ0v) is 13.5. The summed E-state index contributed by atoms with van der Waals surface area (Å²) in [5.74, 6) is 2.60. The molecule has 0 aromatic carbocycles. The van der Waals surface area contributed by atoms with Crippen molar-refractivity contribution >= 4 is 28.9 Å². The number of carbonyl (C=O) groups is 1. The first-order valence-electron chi connectivity index (χ1n) is 7.53. The fraction of sp³-hybridized carbons (Fsp3) is 0.688. The predicted octanol–water partition coefficient (Wildman–Crippen LogP) is 5.82. The van der Waals surface area contributed by atoms with E-state index in [0.29, 0.717) is 5.78 Å². The molecule has 0 atom stereocenters. The zero-order valence-electron chi connectivity index (χ0n) is 11.9. The summed E-state index contributed by atoms with van der Waals surface area (Å²) in [5.41, 5.74) is 1.41. The van der Waals surface area contributed by atoms with Gasteiger partial charge in [0.2, 0.25) is 0 Å². The third kappa shape index (κ3) is 4.64. The highest BCUT2D eigenvalue weighted by Gasteiger charge is 2.18. The van der Waals surface area contributed by atoms with E-state index in [0.717, 1.165) is 29.2 Å². The Morgan fingerprint density at radius 3 is 2.58 bits per heavy atom. The Morgan fingerprint density at radius 2 is 1.84 bits per heavy atom. The summed E-state index contributed by atoms with van der Waals surface area (Å²) in [4.78, 5) is 14.5. The standard InChI is InChI=1S/C16H24OS2/c1-2-3-4-5-6-7-8-9-14(17)15-10-13-11-18-12-16(13)19-15/h10H,2-9,11-12H2,1H3. The quantitative estimate of drug-likeness (QED) is 0.422. The van der Waals surface area contributed by atoms with Gasteiger partial charge in [0.15, 0.2) is 5.78 Å². The molecule has 3 heteroatoms.